The van der Waals surface area contributed by atoms with E-state index in [1.807, 2.05) is 31.2 Å². The maximum Gasteiger partial charge on any atom is 0.227 e. The van der Waals surface area contributed by atoms with Gasteiger partial charge in [-0.1, -0.05) is 6.92 Å². The SMILES string of the molecule is CCC(=O)NC[C@@H]1CC(=O)N(c2ccc(OC)cc2)C1. The Hall–Kier alpha value is -2.04. The summed E-state index contributed by atoms with van der Waals surface area (Å²) in [6.07, 6.45) is 0.957. The van der Waals surface area contributed by atoms with Gasteiger partial charge in [0.1, 0.15) is 5.75 Å². The third-order valence-electron chi connectivity index (χ3n) is 3.50. The molecule has 1 aromatic carbocycles. The molecule has 1 N–H and O–H groups in total. The summed E-state index contributed by atoms with van der Waals surface area (Å²) in [5, 5.41) is 2.85. The average Bonchev–Trinajstić information content (AvgIpc) is 2.86. The van der Waals surface area contributed by atoms with Crippen molar-refractivity contribution in [1.82, 2.24) is 5.32 Å². The minimum atomic E-state index is 0.0281. The van der Waals surface area contributed by atoms with Crippen LogP contribution in [0.25, 0.3) is 0 Å². The molecule has 108 valence electrons. The van der Waals surface area contributed by atoms with Crippen molar-refractivity contribution in [3.8, 4) is 5.75 Å². The van der Waals surface area contributed by atoms with Gasteiger partial charge >= 0.3 is 0 Å². The topological polar surface area (TPSA) is 58.6 Å². The van der Waals surface area contributed by atoms with Crippen molar-refractivity contribution < 1.29 is 14.3 Å². The van der Waals surface area contributed by atoms with Gasteiger partial charge in [-0.25, -0.2) is 0 Å². The Morgan fingerprint density at radius 3 is 2.70 bits per heavy atom. The van der Waals surface area contributed by atoms with E-state index in [1.165, 1.54) is 0 Å². The van der Waals surface area contributed by atoms with Gasteiger partial charge in [-0.2, -0.15) is 0 Å². The van der Waals surface area contributed by atoms with Crippen molar-refractivity contribution in [3.63, 3.8) is 0 Å². The molecule has 20 heavy (non-hydrogen) atoms. The fraction of sp³-hybridized carbons (Fsp3) is 0.467. The standard InChI is InChI=1S/C15H20N2O3/c1-3-14(18)16-9-11-8-15(19)17(10-11)12-4-6-13(20-2)7-5-12/h4-7,11H,3,8-10H2,1-2H3,(H,16,18)/t11-/m0/s1. The van der Waals surface area contributed by atoms with E-state index in [1.54, 1.807) is 12.0 Å². The van der Waals surface area contributed by atoms with Crippen LogP contribution in [-0.2, 0) is 9.59 Å². The molecule has 0 saturated carbocycles. The molecule has 5 nitrogen and oxygen atoms in total. The highest BCUT2D eigenvalue weighted by Crippen LogP contribution is 2.26. The lowest BCUT2D eigenvalue weighted by Crippen LogP contribution is -2.30. The van der Waals surface area contributed by atoms with Crippen LogP contribution in [-0.4, -0.2) is 32.0 Å². The Balaban J connectivity index is 1.96. The maximum absolute atomic E-state index is 12.0. The van der Waals surface area contributed by atoms with Gasteiger partial charge in [0.15, 0.2) is 0 Å². The highest BCUT2D eigenvalue weighted by atomic mass is 16.5. The van der Waals surface area contributed by atoms with Crippen molar-refractivity contribution >= 4 is 17.5 Å². The lowest BCUT2D eigenvalue weighted by molar-refractivity contribution is -0.121. The highest BCUT2D eigenvalue weighted by molar-refractivity contribution is 5.95. The van der Waals surface area contributed by atoms with Gasteiger partial charge in [-0.15, -0.1) is 0 Å². The number of anilines is 1. The van der Waals surface area contributed by atoms with Crippen LogP contribution in [0.4, 0.5) is 5.69 Å². The number of benzene rings is 1. The van der Waals surface area contributed by atoms with Crippen molar-refractivity contribution in [2.45, 2.75) is 19.8 Å². The van der Waals surface area contributed by atoms with Crippen LogP contribution >= 0.6 is 0 Å². The Morgan fingerprint density at radius 1 is 1.40 bits per heavy atom. The van der Waals surface area contributed by atoms with E-state index in [0.29, 0.717) is 25.9 Å². The molecule has 1 fully saturated rings. The molecule has 1 aliphatic heterocycles. The zero-order valence-corrected chi connectivity index (χ0v) is 11.9. The van der Waals surface area contributed by atoms with E-state index >= 15 is 0 Å². The van der Waals surface area contributed by atoms with Gasteiger partial charge < -0.3 is 15.0 Å². The summed E-state index contributed by atoms with van der Waals surface area (Å²) in [6, 6.07) is 7.44. The Morgan fingerprint density at radius 2 is 2.10 bits per heavy atom. The number of ether oxygens (including phenoxy) is 1. The molecule has 0 aliphatic carbocycles. The van der Waals surface area contributed by atoms with Crippen molar-refractivity contribution in [2.24, 2.45) is 5.92 Å². The van der Waals surface area contributed by atoms with Gasteiger partial charge in [0, 0.05) is 37.5 Å². The first-order chi connectivity index (χ1) is 9.63. The largest absolute Gasteiger partial charge is 0.497 e. The van der Waals surface area contributed by atoms with Gasteiger partial charge in [0.25, 0.3) is 0 Å². The number of carbonyl (C=O) groups is 2. The normalized spacial score (nSPS) is 18.2. The third-order valence-corrected chi connectivity index (χ3v) is 3.50. The highest BCUT2D eigenvalue weighted by Gasteiger charge is 2.30. The predicted molar refractivity (Wildman–Crippen MR) is 76.8 cm³/mol. The minimum Gasteiger partial charge on any atom is -0.497 e. The zero-order chi connectivity index (χ0) is 14.5. The summed E-state index contributed by atoms with van der Waals surface area (Å²) in [4.78, 5) is 25.1. The molecule has 5 heteroatoms. The first-order valence-electron chi connectivity index (χ1n) is 6.85. The molecule has 1 atom stereocenters. The second-order valence-electron chi connectivity index (χ2n) is 4.93. The molecule has 0 spiro atoms. The molecule has 0 aromatic heterocycles. The first-order valence-corrected chi connectivity index (χ1v) is 6.85. The van der Waals surface area contributed by atoms with Crippen molar-refractivity contribution in [1.29, 1.82) is 0 Å². The lowest BCUT2D eigenvalue weighted by atomic mass is 10.1. The molecule has 0 unspecified atom stereocenters. The van der Waals surface area contributed by atoms with Gasteiger partial charge in [0.2, 0.25) is 11.8 Å². The molecular weight excluding hydrogens is 256 g/mol. The predicted octanol–water partition coefficient (Wildman–Crippen LogP) is 1.57. The van der Waals surface area contributed by atoms with Crippen LogP contribution in [0.2, 0.25) is 0 Å². The van der Waals surface area contributed by atoms with E-state index in [4.69, 9.17) is 4.74 Å². The van der Waals surface area contributed by atoms with Gasteiger partial charge in [0.05, 0.1) is 7.11 Å². The maximum atomic E-state index is 12.0. The number of rotatable bonds is 5. The van der Waals surface area contributed by atoms with Crippen LogP contribution in [0.3, 0.4) is 0 Å². The number of hydrogen-bond acceptors (Lipinski definition) is 3. The molecule has 0 radical (unpaired) electrons. The van der Waals surface area contributed by atoms with Crippen molar-refractivity contribution in [2.75, 3.05) is 25.1 Å². The van der Waals surface area contributed by atoms with Crippen LogP contribution < -0.4 is 15.0 Å². The number of carbonyl (C=O) groups excluding carboxylic acids is 2. The van der Waals surface area contributed by atoms with Crippen LogP contribution in [0, 0.1) is 5.92 Å². The molecule has 2 rings (SSSR count). The Bertz CT molecular complexity index is 484. The summed E-state index contributed by atoms with van der Waals surface area (Å²) in [6.45, 7) is 3.03. The van der Waals surface area contributed by atoms with Gasteiger partial charge in [-0.05, 0) is 24.3 Å². The molecule has 1 aliphatic rings. The lowest BCUT2D eigenvalue weighted by Gasteiger charge is -2.17. The number of hydrogen-bond donors (Lipinski definition) is 1. The smallest absolute Gasteiger partial charge is 0.227 e. The molecular formula is C15H20N2O3. The summed E-state index contributed by atoms with van der Waals surface area (Å²) in [5.74, 6) is 1.08. The number of nitrogens with zero attached hydrogens (tertiary/aromatic N) is 1. The summed E-state index contributed by atoms with van der Waals surface area (Å²) in [5.41, 5.74) is 0.875. The fourth-order valence-electron chi connectivity index (χ4n) is 2.31. The van der Waals surface area contributed by atoms with Crippen molar-refractivity contribution in [3.05, 3.63) is 24.3 Å². The van der Waals surface area contributed by atoms with E-state index in [9.17, 15) is 9.59 Å². The van der Waals surface area contributed by atoms with Crippen LogP contribution in [0.5, 0.6) is 5.75 Å². The summed E-state index contributed by atoms with van der Waals surface area (Å²) < 4.78 is 5.11. The van der Waals surface area contributed by atoms with Crippen LogP contribution in [0.1, 0.15) is 19.8 Å². The monoisotopic (exact) mass is 276 g/mol. The third kappa shape index (κ3) is 3.29. The second-order valence-corrected chi connectivity index (χ2v) is 4.93. The van der Waals surface area contributed by atoms with E-state index in [0.717, 1.165) is 11.4 Å². The van der Waals surface area contributed by atoms with E-state index < -0.39 is 0 Å². The molecule has 2 amide bonds. The molecule has 1 heterocycles. The molecule has 1 saturated heterocycles. The summed E-state index contributed by atoms with van der Waals surface area (Å²) in [7, 11) is 1.61. The number of amides is 2. The fourth-order valence-corrected chi connectivity index (χ4v) is 2.31. The Kier molecular flexibility index (Phi) is 4.61. The van der Waals surface area contributed by atoms with E-state index in [-0.39, 0.29) is 17.7 Å². The van der Waals surface area contributed by atoms with Gasteiger partial charge in [-0.3, -0.25) is 9.59 Å². The zero-order valence-electron chi connectivity index (χ0n) is 11.9. The first kappa shape index (κ1) is 14.4. The Labute approximate surface area is 118 Å². The molecule has 1 aromatic rings. The number of nitrogens with one attached hydrogen (secondary N) is 1. The summed E-state index contributed by atoms with van der Waals surface area (Å²) >= 11 is 0. The second kappa shape index (κ2) is 6.41. The number of methoxy groups -OCH3 is 1. The molecule has 0 bridgehead atoms. The van der Waals surface area contributed by atoms with Crippen LogP contribution in [0.15, 0.2) is 24.3 Å². The van der Waals surface area contributed by atoms with E-state index in [2.05, 4.69) is 5.32 Å². The quantitative estimate of drug-likeness (QED) is 0.888. The average molecular weight is 276 g/mol. The minimum absolute atomic E-state index is 0.0281.